The number of nitrogens with one attached hydrogen (secondary N) is 3. The third-order valence-corrected chi connectivity index (χ3v) is 4.32. The number of aliphatic hydroxyl groups is 1. The van der Waals surface area contributed by atoms with Gasteiger partial charge in [-0.2, -0.15) is 5.10 Å². The van der Waals surface area contributed by atoms with E-state index >= 15 is 0 Å². The first-order valence-electron chi connectivity index (χ1n) is 8.41. The minimum absolute atomic E-state index is 0.0982. The lowest BCUT2D eigenvalue weighted by Crippen LogP contribution is -2.46. The first-order chi connectivity index (χ1) is 11.5. The van der Waals surface area contributed by atoms with E-state index in [1.807, 2.05) is 0 Å². The van der Waals surface area contributed by atoms with Gasteiger partial charge in [0.05, 0.1) is 18.1 Å². The van der Waals surface area contributed by atoms with Gasteiger partial charge in [-0.1, -0.05) is 0 Å². The first-order valence-corrected chi connectivity index (χ1v) is 8.41. The number of rotatable bonds is 8. The second-order valence-electron chi connectivity index (χ2n) is 6.15. The van der Waals surface area contributed by atoms with Gasteiger partial charge in [0.1, 0.15) is 5.69 Å². The second-order valence-corrected chi connectivity index (χ2v) is 6.15. The number of aromatic nitrogens is 2. The fourth-order valence-electron chi connectivity index (χ4n) is 2.89. The summed E-state index contributed by atoms with van der Waals surface area (Å²) in [5.41, 5.74) is -0.373. The molecular formula is C16H26N4O4. The van der Waals surface area contributed by atoms with E-state index in [0.29, 0.717) is 57.6 Å². The third-order valence-electron chi connectivity index (χ3n) is 4.32. The predicted molar refractivity (Wildman–Crippen MR) is 87.3 cm³/mol. The van der Waals surface area contributed by atoms with Gasteiger partial charge >= 0.3 is 5.97 Å². The largest absolute Gasteiger partial charge is 0.466 e. The molecule has 1 amide bonds. The molecule has 1 heterocycles. The Labute approximate surface area is 141 Å². The summed E-state index contributed by atoms with van der Waals surface area (Å²) in [7, 11) is 0. The maximum absolute atomic E-state index is 11.7. The van der Waals surface area contributed by atoms with Crippen molar-refractivity contribution in [3.63, 3.8) is 0 Å². The first kappa shape index (κ1) is 18.4. The topological polar surface area (TPSA) is 116 Å². The molecule has 1 aromatic heterocycles. The van der Waals surface area contributed by atoms with Crippen LogP contribution in [-0.4, -0.2) is 59.0 Å². The van der Waals surface area contributed by atoms with Crippen LogP contribution in [0.25, 0.3) is 0 Å². The molecule has 8 nitrogen and oxygen atoms in total. The fourth-order valence-corrected chi connectivity index (χ4v) is 2.89. The molecule has 24 heavy (non-hydrogen) atoms. The molecule has 0 bridgehead atoms. The van der Waals surface area contributed by atoms with Crippen LogP contribution in [0.4, 0.5) is 0 Å². The Morgan fingerprint density at radius 2 is 2.17 bits per heavy atom. The van der Waals surface area contributed by atoms with E-state index in [2.05, 4.69) is 20.8 Å². The Morgan fingerprint density at radius 3 is 2.79 bits per heavy atom. The summed E-state index contributed by atoms with van der Waals surface area (Å²) in [6.07, 6.45) is 3.96. The smallest absolute Gasteiger partial charge is 0.308 e. The second kappa shape index (κ2) is 8.79. The number of hydrogen-bond donors (Lipinski definition) is 4. The zero-order valence-corrected chi connectivity index (χ0v) is 14.0. The molecule has 0 unspecified atom stereocenters. The van der Waals surface area contributed by atoms with Crippen LogP contribution in [0.3, 0.4) is 0 Å². The third kappa shape index (κ3) is 5.31. The van der Waals surface area contributed by atoms with E-state index in [4.69, 9.17) is 4.74 Å². The van der Waals surface area contributed by atoms with Crippen LogP contribution < -0.4 is 10.6 Å². The average Bonchev–Trinajstić information content (AvgIpc) is 3.10. The van der Waals surface area contributed by atoms with Crippen LogP contribution in [0.2, 0.25) is 0 Å². The lowest BCUT2D eigenvalue weighted by Gasteiger charge is -2.35. The SMILES string of the molecule is CCOC(=O)C1CCC(O)(CNCCNC(=O)c2ccn[nH]2)CC1. The van der Waals surface area contributed by atoms with Crippen LogP contribution in [0, 0.1) is 5.92 Å². The van der Waals surface area contributed by atoms with E-state index in [1.165, 1.54) is 6.20 Å². The Bertz CT molecular complexity index is 524. The lowest BCUT2D eigenvalue weighted by atomic mass is 9.79. The summed E-state index contributed by atoms with van der Waals surface area (Å²) in [6.45, 7) is 3.66. The van der Waals surface area contributed by atoms with Crippen LogP contribution in [0.5, 0.6) is 0 Å². The van der Waals surface area contributed by atoms with Crippen LogP contribution in [0.15, 0.2) is 12.3 Å². The number of carbonyl (C=O) groups excluding carboxylic acids is 2. The molecule has 0 radical (unpaired) electrons. The highest BCUT2D eigenvalue weighted by molar-refractivity contribution is 5.92. The number of amides is 1. The van der Waals surface area contributed by atoms with Gasteiger partial charge < -0.3 is 20.5 Å². The van der Waals surface area contributed by atoms with Gasteiger partial charge in [-0.05, 0) is 38.7 Å². The maximum Gasteiger partial charge on any atom is 0.308 e. The molecule has 1 fully saturated rings. The minimum atomic E-state index is -0.795. The van der Waals surface area contributed by atoms with Gasteiger partial charge in [-0.3, -0.25) is 14.7 Å². The highest BCUT2D eigenvalue weighted by Crippen LogP contribution is 2.32. The van der Waals surface area contributed by atoms with E-state index in [-0.39, 0.29) is 17.8 Å². The normalized spacial score (nSPS) is 23.7. The Kier molecular flexibility index (Phi) is 6.74. The number of H-pyrrole nitrogens is 1. The Balaban J connectivity index is 1.60. The van der Waals surface area contributed by atoms with E-state index in [0.717, 1.165) is 0 Å². The Hall–Kier alpha value is -1.93. The monoisotopic (exact) mass is 338 g/mol. The summed E-state index contributed by atoms with van der Waals surface area (Å²) >= 11 is 0. The van der Waals surface area contributed by atoms with Crippen molar-refractivity contribution in [2.24, 2.45) is 5.92 Å². The highest BCUT2D eigenvalue weighted by atomic mass is 16.5. The van der Waals surface area contributed by atoms with Gasteiger partial charge in [-0.15, -0.1) is 0 Å². The van der Waals surface area contributed by atoms with Crippen molar-refractivity contribution < 1.29 is 19.4 Å². The van der Waals surface area contributed by atoms with Gasteiger partial charge in [0, 0.05) is 25.8 Å². The van der Waals surface area contributed by atoms with Crippen LogP contribution in [0.1, 0.15) is 43.1 Å². The molecule has 0 aliphatic heterocycles. The lowest BCUT2D eigenvalue weighted by molar-refractivity contribution is -0.151. The quantitative estimate of drug-likeness (QED) is 0.398. The van der Waals surface area contributed by atoms with E-state index in [9.17, 15) is 14.7 Å². The number of esters is 1. The molecule has 1 aliphatic rings. The summed E-state index contributed by atoms with van der Waals surface area (Å²) in [4.78, 5) is 23.4. The Morgan fingerprint density at radius 1 is 1.42 bits per heavy atom. The van der Waals surface area contributed by atoms with Crippen molar-refractivity contribution in [1.29, 1.82) is 0 Å². The predicted octanol–water partition coefficient (Wildman–Crippen LogP) is 0.214. The minimum Gasteiger partial charge on any atom is -0.466 e. The number of nitrogens with zero attached hydrogens (tertiary/aromatic N) is 1. The molecule has 1 aliphatic carbocycles. The molecular weight excluding hydrogens is 312 g/mol. The standard InChI is InChI=1S/C16H26N4O4/c1-2-24-15(22)12-3-6-16(23,7-4-12)11-17-9-10-18-14(21)13-5-8-19-20-13/h5,8,12,17,23H,2-4,6-7,9-11H2,1H3,(H,18,21)(H,19,20). The van der Waals surface area contributed by atoms with Crippen LogP contribution >= 0.6 is 0 Å². The number of hydrogen-bond acceptors (Lipinski definition) is 6. The molecule has 0 aromatic carbocycles. The number of aromatic amines is 1. The zero-order valence-electron chi connectivity index (χ0n) is 14.0. The van der Waals surface area contributed by atoms with Gasteiger partial charge in [0.2, 0.25) is 0 Å². The zero-order chi connectivity index (χ0) is 17.4. The highest BCUT2D eigenvalue weighted by Gasteiger charge is 2.35. The van der Waals surface area contributed by atoms with Gasteiger partial charge in [0.25, 0.3) is 5.91 Å². The molecule has 8 heteroatoms. The molecule has 0 spiro atoms. The molecule has 134 valence electrons. The molecule has 2 rings (SSSR count). The molecule has 0 atom stereocenters. The van der Waals surface area contributed by atoms with Crippen molar-refractivity contribution in [1.82, 2.24) is 20.8 Å². The van der Waals surface area contributed by atoms with Crippen molar-refractivity contribution in [3.05, 3.63) is 18.0 Å². The van der Waals surface area contributed by atoms with Gasteiger partial charge in [0.15, 0.2) is 0 Å². The fraction of sp³-hybridized carbons (Fsp3) is 0.688. The summed E-state index contributed by atoms with van der Waals surface area (Å²) < 4.78 is 5.03. The van der Waals surface area contributed by atoms with Crippen molar-refractivity contribution in [3.8, 4) is 0 Å². The molecule has 1 saturated carbocycles. The van der Waals surface area contributed by atoms with Gasteiger partial charge in [-0.25, -0.2) is 0 Å². The summed E-state index contributed by atoms with van der Waals surface area (Å²) in [6, 6.07) is 1.60. The number of ether oxygens (including phenoxy) is 1. The summed E-state index contributed by atoms with van der Waals surface area (Å²) in [5.74, 6) is -0.462. The van der Waals surface area contributed by atoms with Crippen LogP contribution in [-0.2, 0) is 9.53 Å². The maximum atomic E-state index is 11.7. The van der Waals surface area contributed by atoms with Crippen molar-refractivity contribution in [2.75, 3.05) is 26.2 Å². The molecule has 1 aromatic rings. The summed E-state index contributed by atoms with van der Waals surface area (Å²) in [5, 5.41) is 22.8. The van der Waals surface area contributed by atoms with Crippen molar-refractivity contribution in [2.45, 2.75) is 38.2 Å². The van der Waals surface area contributed by atoms with Crippen molar-refractivity contribution >= 4 is 11.9 Å². The van der Waals surface area contributed by atoms with E-state index in [1.54, 1.807) is 13.0 Å². The molecule has 4 N–H and O–H groups in total. The average molecular weight is 338 g/mol. The number of carbonyl (C=O) groups is 2. The van der Waals surface area contributed by atoms with E-state index < -0.39 is 5.60 Å². The molecule has 0 saturated heterocycles.